The van der Waals surface area contributed by atoms with Crippen LogP contribution in [0.15, 0.2) is 36.4 Å². The standard InChI is InChI=1S/C13H6F2IN/c14-9-2-3-10(12(15)6-9)11-5-8(7-17)1-4-13(11)16/h1-6H. The van der Waals surface area contributed by atoms with Crippen molar-refractivity contribution in [3.8, 4) is 17.2 Å². The van der Waals surface area contributed by atoms with E-state index in [1.54, 1.807) is 18.2 Å². The van der Waals surface area contributed by atoms with Crippen molar-refractivity contribution in [3.05, 3.63) is 57.2 Å². The molecule has 2 aromatic rings. The Labute approximate surface area is 111 Å². The topological polar surface area (TPSA) is 23.8 Å². The lowest BCUT2D eigenvalue weighted by Crippen LogP contribution is -1.90. The summed E-state index contributed by atoms with van der Waals surface area (Å²) in [4.78, 5) is 0. The predicted molar refractivity (Wildman–Crippen MR) is 69.2 cm³/mol. The van der Waals surface area contributed by atoms with Gasteiger partial charge in [0.1, 0.15) is 11.6 Å². The molecule has 4 heteroatoms. The number of hydrogen-bond acceptors (Lipinski definition) is 1. The minimum absolute atomic E-state index is 0.299. The lowest BCUT2D eigenvalue weighted by Gasteiger charge is -2.06. The number of halogens is 3. The average Bonchev–Trinajstić information content (AvgIpc) is 2.30. The van der Waals surface area contributed by atoms with E-state index in [2.05, 4.69) is 22.6 Å². The Balaban J connectivity index is 2.64. The predicted octanol–water partition coefficient (Wildman–Crippen LogP) is 4.11. The van der Waals surface area contributed by atoms with E-state index >= 15 is 0 Å². The highest BCUT2D eigenvalue weighted by atomic mass is 127. The molecule has 0 N–H and O–H groups in total. The van der Waals surface area contributed by atoms with Gasteiger partial charge >= 0.3 is 0 Å². The average molecular weight is 341 g/mol. The summed E-state index contributed by atoms with van der Waals surface area (Å²) in [6.45, 7) is 0. The molecular weight excluding hydrogens is 335 g/mol. The van der Waals surface area contributed by atoms with Crippen molar-refractivity contribution in [2.75, 3.05) is 0 Å². The van der Waals surface area contributed by atoms with Crippen LogP contribution in [0, 0.1) is 26.5 Å². The molecule has 0 radical (unpaired) electrons. The second-order valence-corrected chi connectivity index (χ2v) is 4.59. The maximum Gasteiger partial charge on any atom is 0.133 e. The molecule has 0 heterocycles. The van der Waals surface area contributed by atoms with Crippen molar-refractivity contribution >= 4 is 22.6 Å². The quantitative estimate of drug-likeness (QED) is 0.717. The first-order valence-electron chi connectivity index (χ1n) is 4.77. The summed E-state index contributed by atoms with van der Waals surface area (Å²) in [5.41, 5.74) is 1.35. The third kappa shape index (κ3) is 2.44. The van der Waals surface area contributed by atoms with Gasteiger partial charge in [0.2, 0.25) is 0 Å². The Hall–Kier alpha value is -1.48. The zero-order chi connectivity index (χ0) is 12.4. The molecule has 0 aliphatic rings. The number of hydrogen-bond donors (Lipinski definition) is 0. The van der Waals surface area contributed by atoms with Gasteiger partial charge in [-0.1, -0.05) is 0 Å². The van der Waals surface area contributed by atoms with Crippen LogP contribution in [0.1, 0.15) is 5.56 Å². The van der Waals surface area contributed by atoms with Crippen LogP contribution in [-0.4, -0.2) is 0 Å². The third-order valence-corrected chi connectivity index (χ3v) is 3.26. The fourth-order valence-electron chi connectivity index (χ4n) is 1.51. The van der Waals surface area contributed by atoms with Crippen LogP contribution in [0.3, 0.4) is 0 Å². The fraction of sp³-hybridized carbons (Fsp3) is 0. The molecule has 17 heavy (non-hydrogen) atoms. The molecule has 0 fully saturated rings. The maximum absolute atomic E-state index is 13.6. The molecule has 0 saturated carbocycles. The van der Waals surface area contributed by atoms with Crippen molar-refractivity contribution in [1.82, 2.24) is 0 Å². The van der Waals surface area contributed by atoms with Crippen molar-refractivity contribution < 1.29 is 8.78 Å². The van der Waals surface area contributed by atoms with Crippen LogP contribution in [0.5, 0.6) is 0 Å². The van der Waals surface area contributed by atoms with Crippen LogP contribution >= 0.6 is 22.6 Å². The molecule has 0 aliphatic carbocycles. The van der Waals surface area contributed by atoms with Crippen LogP contribution in [0.25, 0.3) is 11.1 Å². The van der Waals surface area contributed by atoms with E-state index in [-0.39, 0.29) is 0 Å². The zero-order valence-electron chi connectivity index (χ0n) is 8.55. The monoisotopic (exact) mass is 341 g/mol. The van der Waals surface area contributed by atoms with Crippen LogP contribution in [-0.2, 0) is 0 Å². The summed E-state index contributed by atoms with van der Waals surface area (Å²) in [5.74, 6) is -1.24. The van der Waals surface area contributed by atoms with Gasteiger partial charge < -0.3 is 0 Å². The minimum Gasteiger partial charge on any atom is -0.207 e. The van der Waals surface area contributed by atoms with E-state index in [0.29, 0.717) is 16.7 Å². The molecule has 0 atom stereocenters. The smallest absolute Gasteiger partial charge is 0.133 e. The normalized spacial score (nSPS) is 10.0. The molecule has 0 saturated heterocycles. The first-order valence-corrected chi connectivity index (χ1v) is 5.85. The third-order valence-electron chi connectivity index (χ3n) is 2.32. The van der Waals surface area contributed by atoms with E-state index in [0.717, 1.165) is 9.64 Å². The van der Waals surface area contributed by atoms with Gasteiger partial charge in [-0.05, 0) is 58.5 Å². The molecule has 0 spiro atoms. The van der Waals surface area contributed by atoms with Gasteiger partial charge in [-0.3, -0.25) is 0 Å². The summed E-state index contributed by atoms with van der Waals surface area (Å²) >= 11 is 2.05. The Morgan fingerprint density at radius 3 is 2.41 bits per heavy atom. The molecular formula is C13H6F2IN. The highest BCUT2D eigenvalue weighted by Crippen LogP contribution is 2.28. The summed E-state index contributed by atoms with van der Waals surface area (Å²) in [5, 5.41) is 8.81. The number of rotatable bonds is 1. The van der Waals surface area contributed by atoms with E-state index in [1.807, 2.05) is 6.07 Å². The second-order valence-electron chi connectivity index (χ2n) is 3.43. The van der Waals surface area contributed by atoms with Gasteiger partial charge in [-0.15, -0.1) is 0 Å². The summed E-state index contributed by atoms with van der Waals surface area (Å²) in [6.07, 6.45) is 0. The molecule has 0 aliphatic heterocycles. The van der Waals surface area contributed by atoms with Gasteiger partial charge in [0, 0.05) is 15.2 Å². The molecule has 84 valence electrons. The Kier molecular flexibility index (Phi) is 3.38. The number of nitriles is 1. The number of benzene rings is 2. The highest BCUT2D eigenvalue weighted by Gasteiger charge is 2.10. The van der Waals surface area contributed by atoms with Crippen LogP contribution < -0.4 is 0 Å². The van der Waals surface area contributed by atoms with Gasteiger partial charge in [0.15, 0.2) is 0 Å². The summed E-state index contributed by atoms with van der Waals surface area (Å²) < 4.78 is 27.3. The van der Waals surface area contributed by atoms with Gasteiger partial charge in [0.25, 0.3) is 0 Å². The summed E-state index contributed by atoms with van der Waals surface area (Å²) in [6, 6.07) is 10.4. The first kappa shape index (κ1) is 12.0. The van der Waals surface area contributed by atoms with E-state index in [4.69, 9.17) is 5.26 Å². The van der Waals surface area contributed by atoms with Gasteiger partial charge in [-0.2, -0.15) is 5.26 Å². The largest absolute Gasteiger partial charge is 0.207 e. The zero-order valence-corrected chi connectivity index (χ0v) is 10.7. The Morgan fingerprint density at radius 2 is 1.76 bits per heavy atom. The van der Waals surface area contributed by atoms with E-state index < -0.39 is 11.6 Å². The Bertz CT molecular complexity index is 617. The molecule has 0 amide bonds. The van der Waals surface area contributed by atoms with Crippen LogP contribution in [0.4, 0.5) is 8.78 Å². The van der Waals surface area contributed by atoms with Crippen molar-refractivity contribution in [3.63, 3.8) is 0 Å². The second kappa shape index (κ2) is 4.80. The molecule has 0 unspecified atom stereocenters. The van der Waals surface area contributed by atoms with Crippen LogP contribution in [0.2, 0.25) is 0 Å². The fourth-order valence-corrected chi connectivity index (χ4v) is 2.14. The maximum atomic E-state index is 13.6. The van der Waals surface area contributed by atoms with E-state index in [1.165, 1.54) is 12.1 Å². The first-order chi connectivity index (χ1) is 8.11. The van der Waals surface area contributed by atoms with Gasteiger partial charge in [0.05, 0.1) is 11.6 Å². The van der Waals surface area contributed by atoms with Crippen molar-refractivity contribution in [2.24, 2.45) is 0 Å². The highest BCUT2D eigenvalue weighted by molar-refractivity contribution is 14.1. The minimum atomic E-state index is -0.627. The van der Waals surface area contributed by atoms with Gasteiger partial charge in [-0.25, -0.2) is 8.78 Å². The molecule has 0 bridgehead atoms. The van der Waals surface area contributed by atoms with Crippen molar-refractivity contribution in [2.45, 2.75) is 0 Å². The SMILES string of the molecule is N#Cc1ccc(I)c(-c2ccc(F)cc2F)c1. The van der Waals surface area contributed by atoms with Crippen molar-refractivity contribution in [1.29, 1.82) is 5.26 Å². The molecule has 0 aromatic heterocycles. The molecule has 2 aromatic carbocycles. The van der Waals surface area contributed by atoms with E-state index in [9.17, 15) is 8.78 Å². The Morgan fingerprint density at radius 1 is 1.00 bits per heavy atom. The lowest BCUT2D eigenvalue weighted by molar-refractivity contribution is 0.585. The molecule has 2 rings (SSSR count). The lowest BCUT2D eigenvalue weighted by atomic mass is 10.0. The number of nitrogens with zero attached hydrogens (tertiary/aromatic N) is 1. The molecule has 1 nitrogen and oxygen atoms in total. The summed E-state index contributed by atoms with van der Waals surface area (Å²) in [7, 11) is 0.